The smallest absolute Gasteiger partial charge is 0.231 e. The predicted molar refractivity (Wildman–Crippen MR) is 91.8 cm³/mol. The second-order valence-electron chi connectivity index (χ2n) is 5.71. The van der Waals surface area contributed by atoms with Gasteiger partial charge < -0.3 is 10.2 Å². The van der Waals surface area contributed by atoms with E-state index in [0.29, 0.717) is 11.7 Å². The van der Waals surface area contributed by atoms with Crippen molar-refractivity contribution in [3.05, 3.63) is 40.9 Å². The van der Waals surface area contributed by atoms with Crippen molar-refractivity contribution < 1.29 is 9.59 Å². The maximum Gasteiger partial charge on any atom is 0.231 e. The van der Waals surface area contributed by atoms with Crippen LogP contribution in [0.1, 0.15) is 24.6 Å². The Kier molecular flexibility index (Phi) is 4.43. The van der Waals surface area contributed by atoms with Gasteiger partial charge in [0, 0.05) is 24.0 Å². The van der Waals surface area contributed by atoms with Crippen LogP contribution in [0.4, 0.5) is 10.8 Å². The molecule has 0 saturated carbocycles. The van der Waals surface area contributed by atoms with Crippen LogP contribution in [0.2, 0.25) is 0 Å². The van der Waals surface area contributed by atoms with E-state index in [1.54, 1.807) is 4.90 Å². The molecule has 1 aliphatic heterocycles. The molecule has 2 aromatic rings. The van der Waals surface area contributed by atoms with Gasteiger partial charge in [0.2, 0.25) is 11.8 Å². The second-order valence-corrected chi connectivity index (χ2v) is 6.57. The third-order valence-corrected chi connectivity index (χ3v) is 4.85. The molecule has 1 aromatic carbocycles. The Hall–Kier alpha value is -2.21. The van der Waals surface area contributed by atoms with Crippen molar-refractivity contribution in [3.63, 3.8) is 0 Å². The fraction of sp³-hybridized carbons (Fsp3) is 0.353. The van der Waals surface area contributed by atoms with Crippen molar-refractivity contribution >= 4 is 34.0 Å². The first-order valence-electron chi connectivity index (χ1n) is 7.69. The van der Waals surface area contributed by atoms with Crippen molar-refractivity contribution in [2.45, 2.75) is 26.7 Å². The molecule has 0 unspecified atom stereocenters. The standard InChI is InChI=1S/C17H19N3O2S/c1-3-12-5-4-6-14(7-12)20-9-13(8-15(20)21)16(22)19-17-18-11(2)10-23-17/h4-7,10,13H,3,8-9H2,1-2H3,(H,18,19,22)/t13-/m1/s1. The molecule has 0 bridgehead atoms. The first-order valence-corrected chi connectivity index (χ1v) is 8.57. The topological polar surface area (TPSA) is 62.3 Å². The molecule has 23 heavy (non-hydrogen) atoms. The zero-order valence-corrected chi connectivity index (χ0v) is 14.0. The molecular weight excluding hydrogens is 310 g/mol. The van der Waals surface area contributed by atoms with E-state index in [0.717, 1.165) is 17.8 Å². The number of carbonyl (C=O) groups is 2. The number of carbonyl (C=O) groups excluding carboxylic acids is 2. The van der Waals surface area contributed by atoms with E-state index >= 15 is 0 Å². The number of anilines is 2. The molecule has 1 fully saturated rings. The summed E-state index contributed by atoms with van der Waals surface area (Å²) in [5.74, 6) is -0.479. The van der Waals surface area contributed by atoms with E-state index in [9.17, 15) is 9.59 Å². The number of rotatable bonds is 4. The van der Waals surface area contributed by atoms with E-state index < -0.39 is 0 Å². The van der Waals surface area contributed by atoms with Crippen LogP contribution >= 0.6 is 11.3 Å². The number of benzene rings is 1. The van der Waals surface area contributed by atoms with Crippen LogP contribution in [0.5, 0.6) is 0 Å². The summed E-state index contributed by atoms with van der Waals surface area (Å²) in [6.07, 6.45) is 1.16. The first-order chi connectivity index (χ1) is 11.1. The summed E-state index contributed by atoms with van der Waals surface area (Å²) >= 11 is 1.40. The normalized spacial score (nSPS) is 17.6. The Morgan fingerprint density at radius 2 is 2.30 bits per heavy atom. The van der Waals surface area contributed by atoms with Crippen molar-refractivity contribution in [2.75, 3.05) is 16.8 Å². The van der Waals surface area contributed by atoms with E-state index in [2.05, 4.69) is 17.2 Å². The molecule has 2 heterocycles. The molecule has 5 nitrogen and oxygen atoms in total. The maximum atomic E-state index is 12.3. The van der Waals surface area contributed by atoms with Gasteiger partial charge in [-0.1, -0.05) is 19.1 Å². The Balaban J connectivity index is 1.70. The highest BCUT2D eigenvalue weighted by Gasteiger charge is 2.35. The first kappa shape index (κ1) is 15.7. The molecule has 1 atom stereocenters. The van der Waals surface area contributed by atoms with Gasteiger partial charge in [0.1, 0.15) is 0 Å². The lowest BCUT2D eigenvalue weighted by molar-refractivity contribution is -0.122. The number of aryl methyl sites for hydroxylation is 2. The van der Waals surface area contributed by atoms with Gasteiger partial charge in [-0.2, -0.15) is 0 Å². The van der Waals surface area contributed by atoms with Crippen LogP contribution in [-0.4, -0.2) is 23.3 Å². The van der Waals surface area contributed by atoms with Gasteiger partial charge in [-0.3, -0.25) is 9.59 Å². The largest absolute Gasteiger partial charge is 0.312 e. The molecule has 1 aliphatic rings. The number of nitrogens with one attached hydrogen (secondary N) is 1. The number of thiazole rings is 1. The summed E-state index contributed by atoms with van der Waals surface area (Å²) < 4.78 is 0. The maximum absolute atomic E-state index is 12.3. The predicted octanol–water partition coefficient (Wildman–Crippen LogP) is 3.01. The van der Waals surface area contributed by atoms with E-state index in [4.69, 9.17) is 0 Å². The second kappa shape index (κ2) is 6.50. The van der Waals surface area contributed by atoms with E-state index in [1.165, 1.54) is 16.9 Å². The van der Waals surface area contributed by atoms with Crippen molar-refractivity contribution in [2.24, 2.45) is 5.92 Å². The Morgan fingerprint density at radius 1 is 1.48 bits per heavy atom. The van der Waals surface area contributed by atoms with Crippen LogP contribution in [0.15, 0.2) is 29.6 Å². The third-order valence-electron chi connectivity index (χ3n) is 3.98. The molecule has 6 heteroatoms. The number of aromatic nitrogens is 1. The van der Waals surface area contributed by atoms with E-state index in [1.807, 2.05) is 36.6 Å². The summed E-state index contributed by atoms with van der Waals surface area (Å²) in [5, 5.41) is 5.29. The van der Waals surface area contributed by atoms with Gasteiger partial charge in [-0.05, 0) is 31.0 Å². The highest BCUT2D eigenvalue weighted by atomic mass is 32.1. The molecule has 1 saturated heterocycles. The Morgan fingerprint density at radius 3 is 3.00 bits per heavy atom. The van der Waals surface area contributed by atoms with Crippen molar-refractivity contribution in [1.29, 1.82) is 0 Å². The van der Waals surface area contributed by atoms with Crippen molar-refractivity contribution in [3.8, 4) is 0 Å². The van der Waals surface area contributed by atoms with Crippen LogP contribution in [0.3, 0.4) is 0 Å². The number of amides is 2. The van der Waals surface area contributed by atoms with Crippen LogP contribution in [-0.2, 0) is 16.0 Å². The number of hydrogen-bond donors (Lipinski definition) is 1. The van der Waals surface area contributed by atoms with Gasteiger partial charge in [0.05, 0.1) is 11.6 Å². The monoisotopic (exact) mass is 329 g/mol. The van der Waals surface area contributed by atoms with Crippen LogP contribution in [0.25, 0.3) is 0 Å². The van der Waals surface area contributed by atoms with Crippen LogP contribution in [0, 0.1) is 12.8 Å². The molecule has 0 radical (unpaired) electrons. The third kappa shape index (κ3) is 3.42. The SMILES string of the molecule is CCc1cccc(N2C[C@H](C(=O)Nc3nc(C)cs3)CC2=O)c1. The van der Waals surface area contributed by atoms with Crippen molar-refractivity contribution in [1.82, 2.24) is 4.98 Å². The van der Waals surface area contributed by atoms with Gasteiger partial charge in [0.25, 0.3) is 0 Å². The summed E-state index contributed by atoms with van der Waals surface area (Å²) in [5.41, 5.74) is 2.93. The highest BCUT2D eigenvalue weighted by molar-refractivity contribution is 7.13. The zero-order chi connectivity index (χ0) is 16.4. The molecule has 2 amide bonds. The molecular formula is C17H19N3O2S. The molecule has 120 valence electrons. The van der Waals surface area contributed by atoms with Gasteiger partial charge >= 0.3 is 0 Å². The number of hydrogen-bond acceptors (Lipinski definition) is 4. The molecule has 0 aliphatic carbocycles. The summed E-state index contributed by atoms with van der Waals surface area (Å²) in [6, 6.07) is 7.93. The Labute approximate surface area is 139 Å². The average molecular weight is 329 g/mol. The highest BCUT2D eigenvalue weighted by Crippen LogP contribution is 2.27. The number of nitrogens with zero attached hydrogens (tertiary/aromatic N) is 2. The quantitative estimate of drug-likeness (QED) is 0.938. The summed E-state index contributed by atoms with van der Waals surface area (Å²) in [4.78, 5) is 30.6. The zero-order valence-electron chi connectivity index (χ0n) is 13.2. The molecule has 1 aromatic heterocycles. The fourth-order valence-corrected chi connectivity index (χ4v) is 3.39. The molecule has 0 spiro atoms. The van der Waals surface area contributed by atoms with Gasteiger partial charge in [0.15, 0.2) is 5.13 Å². The lowest BCUT2D eigenvalue weighted by Crippen LogP contribution is -2.28. The Bertz CT molecular complexity index is 741. The molecule has 3 rings (SSSR count). The fourth-order valence-electron chi connectivity index (χ4n) is 2.70. The minimum atomic E-state index is -0.336. The summed E-state index contributed by atoms with van der Waals surface area (Å²) in [7, 11) is 0. The summed E-state index contributed by atoms with van der Waals surface area (Å²) in [6.45, 7) is 4.38. The average Bonchev–Trinajstić information content (AvgIpc) is 3.13. The van der Waals surface area contributed by atoms with Gasteiger partial charge in [-0.15, -0.1) is 11.3 Å². The van der Waals surface area contributed by atoms with Crippen LogP contribution < -0.4 is 10.2 Å². The minimum Gasteiger partial charge on any atom is -0.312 e. The van der Waals surface area contributed by atoms with E-state index in [-0.39, 0.29) is 24.2 Å². The van der Waals surface area contributed by atoms with Gasteiger partial charge in [-0.25, -0.2) is 4.98 Å². The molecule has 1 N–H and O–H groups in total. The lowest BCUT2D eigenvalue weighted by Gasteiger charge is -2.17. The minimum absolute atomic E-state index is 0.00581. The lowest BCUT2D eigenvalue weighted by atomic mass is 10.1.